The molecule has 1 aliphatic heterocycles. The van der Waals surface area contributed by atoms with Crippen molar-refractivity contribution in [1.82, 2.24) is 5.32 Å². The predicted octanol–water partition coefficient (Wildman–Crippen LogP) is 2.48. The summed E-state index contributed by atoms with van der Waals surface area (Å²) >= 11 is 0. The summed E-state index contributed by atoms with van der Waals surface area (Å²) in [5.74, 6) is -2.37. The van der Waals surface area contributed by atoms with Gasteiger partial charge >= 0.3 is 11.9 Å². The Morgan fingerprint density at radius 1 is 1.13 bits per heavy atom. The maximum Gasteiger partial charge on any atom is 0.336 e. The summed E-state index contributed by atoms with van der Waals surface area (Å²) in [4.78, 5) is 36.5. The number of carbonyl (C=O) groups excluding carboxylic acids is 2. The van der Waals surface area contributed by atoms with Gasteiger partial charge in [0.15, 0.2) is 0 Å². The number of ether oxygens (including phenoxy) is 3. The van der Waals surface area contributed by atoms with Gasteiger partial charge in [0.05, 0.1) is 41.1 Å². The van der Waals surface area contributed by atoms with Crippen molar-refractivity contribution in [2.24, 2.45) is 0 Å². The molecule has 1 aliphatic rings. The first kappa shape index (κ1) is 23.6. The molecule has 164 valence electrons. The second kappa shape index (κ2) is 10.9. The van der Waals surface area contributed by atoms with Crippen molar-refractivity contribution in [3.63, 3.8) is 0 Å². The van der Waals surface area contributed by atoms with Crippen LogP contribution in [0.4, 0.5) is 5.69 Å². The summed E-state index contributed by atoms with van der Waals surface area (Å²) in [6.45, 7) is 3.35. The van der Waals surface area contributed by atoms with Gasteiger partial charge in [0.2, 0.25) is 0 Å². The first-order valence-electron chi connectivity index (χ1n) is 9.44. The fourth-order valence-electron chi connectivity index (χ4n) is 3.25. The number of non-ortho nitro benzene ring substituents is 1. The Labute approximate surface area is 179 Å². The van der Waals surface area contributed by atoms with Crippen LogP contribution in [0.3, 0.4) is 0 Å². The van der Waals surface area contributed by atoms with E-state index in [1.165, 1.54) is 25.3 Å². The average molecular weight is 429 g/mol. The van der Waals surface area contributed by atoms with Gasteiger partial charge < -0.3 is 19.5 Å². The molecule has 1 atom stereocenters. The molecule has 1 aromatic carbocycles. The molecule has 1 aromatic rings. The van der Waals surface area contributed by atoms with E-state index in [9.17, 15) is 19.7 Å². The van der Waals surface area contributed by atoms with Gasteiger partial charge in [-0.15, -0.1) is 0 Å². The van der Waals surface area contributed by atoms with Crippen molar-refractivity contribution in [2.45, 2.75) is 26.2 Å². The molecular weight excluding hydrogens is 406 g/mol. The maximum absolute atomic E-state index is 12.9. The van der Waals surface area contributed by atoms with Crippen LogP contribution in [-0.2, 0) is 23.8 Å². The van der Waals surface area contributed by atoms with Crippen LogP contribution in [0.25, 0.3) is 0 Å². The van der Waals surface area contributed by atoms with Crippen LogP contribution in [0, 0.1) is 21.4 Å². The largest absolute Gasteiger partial charge is 0.461 e. The van der Waals surface area contributed by atoms with Gasteiger partial charge in [-0.05, 0) is 19.4 Å². The Bertz CT molecular complexity index is 975. The minimum absolute atomic E-state index is 0.00157. The number of nitrogens with one attached hydrogen (secondary N) is 1. The molecule has 0 spiro atoms. The lowest BCUT2D eigenvalue weighted by Crippen LogP contribution is -2.33. The van der Waals surface area contributed by atoms with E-state index in [1.54, 1.807) is 19.9 Å². The molecule has 10 heteroatoms. The zero-order valence-electron chi connectivity index (χ0n) is 17.5. The Hall–Kier alpha value is -3.71. The second-order valence-electron chi connectivity index (χ2n) is 6.66. The van der Waals surface area contributed by atoms with E-state index in [4.69, 9.17) is 19.5 Å². The Morgan fingerprint density at radius 2 is 1.74 bits per heavy atom. The van der Waals surface area contributed by atoms with E-state index in [0.29, 0.717) is 17.0 Å². The summed E-state index contributed by atoms with van der Waals surface area (Å²) in [5.41, 5.74) is 1.31. The number of hydrogen-bond acceptors (Lipinski definition) is 9. The minimum atomic E-state index is -0.953. The van der Waals surface area contributed by atoms with Crippen LogP contribution in [0.1, 0.15) is 31.7 Å². The molecule has 0 aromatic heterocycles. The molecule has 0 amide bonds. The number of carbonyl (C=O) groups is 2. The average Bonchev–Trinajstić information content (AvgIpc) is 2.73. The summed E-state index contributed by atoms with van der Waals surface area (Å²) in [6, 6.07) is 7.58. The third-order valence-corrected chi connectivity index (χ3v) is 4.58. The summed E-state index contributed by atoms with van der Waals surface area (Å²) < 4.78 is 15.4. The fourth-order valence-corrected chi connectivity index (χ4v) is 3.25. The number of nitrogens with zero attached hydrogens (tertiary/aromatic N) is 2. The highest BCUT2D eigenvalue weighted by atomic mass is 16.6. The first-order chi connectivity index (χ1) is 14.8. The van der Waals surface area contributed by atoms with E-state index in [0.717, 1.165) is 0 Å². The van der Waals surface area contributed by atoms with Crippen molar-refractivity contribution in [1.29, 1.82) is 5.26 Å². The number of hydrogen-bond donors (Lipinski definition) is 1. The fraction of sp³-hybridized carbons (Fsp3) is 0.381. The van der Waals surface area contributed by atoms with E-state index >= 15 is 0 Å². The highest BCUT2D eigenvalue weighted by Gasteiger charge is 2.38. The normalized spacial score (nSPS) is 15.7. The van der Waals surface area contributed by atoms with Gasteiger partial charge in [0, 0.05) is 30.6 Å². The number of allylic oxidation sites excluding steroid dienone is 2. The quantitative estimate of drug-likeness (QED) is 0.271. The van der Waals surface area contributed by atoms with Crippen molar-refractivity contribution < 1.29 is 28.7 Å². The number of dihydropyridines is 1. The van der Waals surface area contributed by atoms with E-state index in [-0.39, 0.29) is 43.1 Å². The molecule has 10 nitrogen and oxygen atoms in total. The van der Waals surface area contributed by atoms with Gasteiger partial charge in [0.25, 0.3) is 5.69 Å². The molecule has 0 saturated carbocycles. The number of nitriles is 1. The number of methoxy groups -OCH3 is 1. The van der Waals surface area contributed by atoms with Gasteiger partial charge in [-0.1, -0.05) is 12.1 Å². The SMILES string of the molecule is COCCOC(=O)C1=C(C)NC(C)=C(C(=O)OCCC#N)C1c1cccc([N+](=O)[O-])c1. The molecule has 0 radical (unpaired) electrons. The summed E-state index contributed by atoms with van der Waals surface area (Å²) in [6.07, 6.45) is 0.00769. The number of nitro benzene ring substituents is 1. The summed E-state index contributed by atoms with van der Waals surface area (Å²) in [5, 5.41) is 23.0. The zero-order valence-corrected chi connectivity index (χ0v) is 17.5. The monoisotopic (exact) mass is 429 g/mol. The summed E-state index contributed by atoms with van der Waals surface area (Å²) in [7, 11) is 1.47. The molecule has 0 saturated heterocycles. The molecule has 0 bridgehead atoms. The highest BCUT2D eigenvalue weighted by molar-refractivity contribution is 6.00. The third-order valence-electron chi connectivity index (χ3n) is 4.58. The van der Waals surface area contributed by atoms with Crippen molar-refractivity contribution in [3.05, 3.63) is 62.5 Å². The Balaban J connectivity index is 2.55. The first-order valence-corrected chi connectivity index (χ1v) is 9.44. The Kier molecular flexibility index (Phi) is 8.28. The van der Waals surface area contributed by atoms with Crippen LogP contribution < -0.4 is 5.32 Å². The van der Waals surface area contributed by atoms with E-state index < -0.39 is 22.8 Å². The topological polar surface area (TPSA) is 141 Å². The minimum Gasteiger partial charge on any atom is -0.461 e. The molecule has 1 N–H and O–H groups in total. The van der Waals surface area contributed by atoms with E-state index in [2.05, 4.69) is 5.32 Å². The molecule has 0 fully saturated rings. The van der Waals surface area contributed by atoms with Crippen molar-refractivity contribution in [2.75, 3.05) is 26.9 Å². The van der Waals surface area contributed by atoms with Gasteiger partial charge in [-0.25, -0.2) is 9.59 Å². The number of esters is 2. The van der Waals surface area contributed by atoms with Gasteiger partial charge in [0.1, 0.15) is 13.2 Å². The molecule has 0 aliphatic carbocycles. The lowest BCUT2D eigenvalue weighted by Gasteiger charge is -2.30. The van der Waals surface area contributed by atoms with Crippen molar-refractivity contribution >= 4 is 17.6 Å². The van der Waals surface area contributed by atoms with E-state index in [1.807, 2.05) is 6.07 Å². The molecule has 2 rings (SSSR count). The van der Waals surface area contributed by atoms with Crippen LogP contribution in [0.5, 0.6) is 0 Å². The van der Waals surface area contributed by atoms with Crippen LogP contribution in [-0.4, -0.2) is 43.8 Å². The second-order valence-corrected chi connectivity index (χ2v) is 6.66. The standard InChI is InChI=1S/C21H23N3O7/c1-13-17(20(25)30-9-5-8-22)19(15-6-4-7-16(12-15)24(27)28)18(14(2)23-13)21(26)31-11-10-29-3/h4,6-7,12,19,23H,5,9-11H2,1-3H3. The molecule has 31 heavy (non-hydrogen) atoms. The number of benzene rings is 1. The van der Waals surface area contributed by atoms with Gasteiger partial charge in [-0.3, -0.25) is 10.1 Å². The van der Waals surface area contributed by atoms with Crippen molar-refractivity contribution in [3.8, 4) is 6.07 Å². The van der Waals surface area contributed by atoms with Gasteiger partial charge in [-0.2, -0.15) is 5.26 Å². The van der Waals surface area contributed by atoms with Crippen LogP contribution in [0.2, 0.25) is 0 Å². The highest BCUT2D eigenvalue weighted by Crippen LogP contribution is 2.40. The third kappa shape index (κ3) is 5.67. The predicted molar refractivity (Wildman–Crippen MR) is 108 cm³/mol. The van der Waals surface area contributed by atoms with Crippen LogP contribution >= 0.6 is 0 Å². The van der Waals surface area contributed by atoms with Crippen LogP contribution in [0.15, 0.2) is 46.8 Å². The maximum atomic E-state index is 12.9. The Morgan fingerprint density at radius 3 is 2.29 bits per heavy atom. The zero-order chi connectivity index (χ0) is 23.0. The molecule has 1 unspecified atom stereocenters. The number of nitro groups is 1. The smallest absolute Gasteiger partial charge is 0.336 e. The molecular formula is C21H23N3O7. The lowest BCUT2D eigenvalue weighted by atomic mass is 9.80. The molecule has 1 heterocycles. The lowest BCUT2D eigenvalue weighted by molar-refractivity contribution is -0.384. The number of rotatable bonds is 9.